The van der Waals surface area contributed by atoms with Crippen LogP contribution < -0.4 is 10.5 Å². The van der Waals surface area contributed by atoms with Crippen molar-refractivity contribution < 1.29 is 8.42 Å². The lowest BCUT2D eigenvalue weighted by atomic mass is 9.89. The Morgan fingerprint density at radius 1 is 1.44 bits per heavy atom. The predicted octanol–water partition coefficient (Wildman–Crippen LogP) is 0.635. The first-order chi connectivity index (χ1) is 8.42. The maximum atomic E-state index is 12.1. The van der Waals surface area contributed by atoms with Crippen molar-refractivity contribution in [3.63, 3.8) is 0 Å². The zero-order valence-corrected chi connectivity index (χ0v) is 10.9. The molecule has 18 heavy (non-hydrogen) atoms. The predicted molar refractivity (Wildman–Crippen MR) is 67.2 cm³/mol. The van der Waals surface area contributed by atoms with Crippen LogP contribution >= 0.6 is 0 Å². The summed E-state index contributed by atoms with van der Waals surface area (Å²) in [5, 5.41) is 8.75. The molecule has 0 radical (unpaired) electrons. The molecule has 0 aromatic heterocycles. The molecule has 2 rings (SSSR count). The normalized spacial score (nSPS) is 23.2. The van der Waals surface area contributed by atoms with E-state index >= 15 is 0 Å². The van der Waals surface area contributed by atoms with E-state index in [0.717, 1.165) is 0 Å². The molecule has 5 nitrogen and oxygen atoms in total. The van der Waals surface area contributed by atoms with Crippen LogP contribution in [0.15, 0.2) is 23.1 Å². The maximum absolute atomic E-state index is 12.1. The van der Waals surface area contributed by atoms with Crippen LogP contribution in [-0.2, 0) is 10.0 Å². The van der Waals surface area contributed by atoms with Crippen LogP contribution in [0.1, 0.15) is 24.0 Å². The van der Waals surface area contributed by atoms with Gasteiger partial charge in [-0.1, -0.05) is 0 Å². The molecular formula is C12H15N3O2S. The smallest absolute Gasteiger partial charge is 0.241 e. The van der Waals surface area contributed by atoms with Crippen molar-refractivity contribution in [1.82, 2.24) is 4.72 Å². The second kappa shape index (κ2) is 4.69. The average Bonchev–Trinajstić information content (AvgIpc) is 2.26. The van der Waals surface area contributed by atoms with Gasteiger partial charge in [-0.15, -0.1) is 0 Å². The summed E-state index contributed by atoms with van der Waals surface area (Å²) in [6, 6.07) is 6.56. The molecule has 6 heteroatoms. The van der Waals surface area contributed by atoms with Crippen molar-refractivity contribution >= 4 is 10.0 Å². The fraction of sp³-hybridized carbons (Fsp3) is 0.417. The SMILES string of the molecule is Cc1cc(C#N)ccc1S(=O)(=O)NC1CC(N)C1. The van der Waals surface area contributed by atoms with Gasteiger partial charge >= 0.3 is 0 Å². The van der Waals surface area contributed by atoms with E-state index < -0.39 is 10.0 Å². The van der Waals surface area contributed by atoms with Crippen LogP contribution in [0.3, 0.4) is 0 Å². The Labute approximate surface area is 107 Å². The van der Waals surface area contributed by atoms with Crippen LogP contribution in [0.2, 0.25) is 0 Å². The van der Waals surface area contributed by atoms with E-state index in [1.807, 2.05) is 6.07 Å². The number of rotatable bonds is 3. The highest BCUT2D eigenvalue weighted by Gasteiger charge is 2.30. The summed E-state index contributed by atoms with van der Waals surface area (Å²) in [4.78, 5) is 0.224. The molecule has 1 aliphatic carbocycles. The highest BCUT2D eigenvalue weighted by molar-refractivity contribution is 7.89. The van der Waals surface area contributed by atoms with Crippen molar-refractivity contribution in [3.8, 4) is 6.07 Å². The number of nitriles is 1. The maximum Gasteiger partial charge on any atom is 0.241 e. The Kier molecular flexibility index (Phi) is 3.39. The van der Waals surface area contributed by atoms with Gasteiger partial charge in [0.1, 0.15) is 0 Å². The Bertz CT molecular complexity index is 598. The summed E-state index contributed by atoms with van der Waals surface area (Å²) in [5.74, 6) is 0. The molecule has 1 saturated carbocycles. The molecule has 0 spiro atoms. The number of nitrogens with zero attached hydrogens (tertiary/aromatic N) is 1. The molecule has 0 unspecified atom stereocenters. The molecular weight excluding hydrogens is 250 g/mol. The zero-order chi connectivity index (χ0) is 13.3. The van der Waals surface area contributed by atoms with Crippen LogP contribution in [0, 0.1) is 18.3 Å². The summed E-state index contributed by atoms with van der Waals surface area (Å²) < 4.78 is 26.9. The molecule has 1 aromatic carbocycles. The molecule has 0 heterocycles. The van der Waals surface area contributed by atoms with Gasteiger partial charge in [-0.25, -0.2) is 13.1 Å². The number of nitrogens with one attached hydrogen (secondary N) is 1. The fourth-order valence-corrected chi connectivity index (χ4v) is 3.55. The summed E-state index contributed by atoms with van der Waals surface area (Å²) in [7, 11) is -3.51. The summed E-state index contributed by atoms with van der Waals surface area (Å²) in [6.07, 6.45) is 1.35. The van der Waals surface area contributed by atoms with E-state index in [9.17, 15) is 8.42 Å². The lowest BCUT2D eigenvalue weighted by Crippen LogP contribution is -2.50. The molecule has 0 amide bonds. The quantitative estimate of drug-likeness (QED) is 0.838. The molecule has 96 valence electrons. The number of hydrogen-bond acceptors (Lipinski definition) is 4. The van der Waals surface area contributed by atoms with E-state index in [1.165, 1.54) is 12.1 Å². The van der Waals surface area contributed by atoms with E-state index in [2.05, 4.69) is 4.72 Å². The molecule has 1 fully saturated rings. The van der Waals surface area contributed by atoms with Crippen LogP contribution in [0.25, 0.3) is 0 Å². The van der Waals surface area contributed by atoms with Crippen molar-refractivity contribution in [3.05, 3.63) is 29.3 Å². The molecule has 1 aromatic rings. The van der Waals surface area contributed by atoms with Gasteiger partial charge in [0.05, 0.1) is 16.5 Å². The number of sulfonamides is 1. The second-order valence-electron chi connectivity index (χ2n) is 4.64. The lowest BCUT2D eigenvalue weighted by molar-refractivity contribution is 0.327. The molecule has 0 saturated heterocycles. The van der Waals surface area contributed by atoms with Crippen LogP contribution in [0.4, 0.5) is 0 Å². The molecule has 0 bridgehead atoms. The van der Waals surface area contributed by atoms with Gasteiger partial charge in [0.25, 0.3) is 0 Å². The second-order valence-corrected chi connectivity index (χ2v) is 6.32. The van der Waals surface area contributed by atoms with Gasteiger partial charge < -0.3 is 5.73 Å². The Morgan fingerprint density at radius 3 is 2.61 bits per heavy atom. The van der Waals surface area contributed by atoms with E-state index in [1.54, 1.807) is 13.0 Å². The van der Waals surface area contributed by atoms with E-state index in [-0.39, 0.29) is 17.0 Å². The van der Waals surface area contributed by atoms with Crippen LogP contribution in [-0.4, -0.2) is 20.5 Å². The fourth-order valence-electron chi connectivity index (χ4n) is 2.06. The Morgan fingerprint density at radius 2 is 2.11 bits per heavy atom. The molecule has 3 N–H and O–H groups in total. The molecule has 0 atom stereocenters. The third kappa shape index (κ3) is 2.53. The summed E-state index contributed by atoms with van der Waals surface area (Å²) in [6.45, 7) is 1.68. The van der Waals surface area contributed by atoms with Gasteiger partial charge in [-0.05, 0) is 43.5 Å². The highest BCUT2D eigenvalue weighted by atomic mass is 32.2. The minimum Gasteiger partial charge on any atom is -0.328 e. The standard InChI is InChI=1S/C12H15N3O2S/c1-8-4-9(7-13)2-3-12(8)18(16,17)15-11-5-10(14)6-11/h2-4,10-11,15H,5-6,14H2,1H3. The largest absolute Gasteiger partial charge is 0.328 e. The average molecular weight is 265 g/mol. The molecule has 1 aliphatic rings. The van der Waals surface area contributed by atoms with Crippen molar-refractivity contribution in [1.29, 1.82) is 5.26 Å². The van der Waals surface area contributed by atoms with Crippen molar-refractivity contribution in [2.75, 3.05) is 0 Å². The Balaban J connectivity index is 2.22. The molecule has 0 aliphatic heterocycles. The van der Waals surface area contributed by atoms with E-state index in [0.29, 0.717) is 24.0 Å². The van der Waals surface area contributed by atoms with Crippen LogP contribution in [0.5, 0.6) is 0 Å². The number of nitrogens with two attached hydrogens (primary N) is 1. The van der Waals surface area contributed by atoms with Crippen molar-refractivity contribution in [2.45, 2.75) is 36.7 Å². The van der Waals surface area contributed by atoms with Gasteiger partial charge in [0, 0.05) is 12.1 Å². The third-order valence-corrected chi connectivity index (χ3v) is 4.77. The third-order valence-electron chi connectivity index (χ3n) is 3.09. The van der Waals surface area contributed by atoms with Gasteiger partial charge in [0.15, 0.2) is 0 Å². The zero-order valence-electron chi connectivity index (χ0n) is 10.1. The highest BCUT2D eigenvalue weighted by Crippen LogP contribution is 2.22. The number of aryl methyl sites for hydroxylation is 1. The first kappa shape index (κ1) is 13.0. The first-order valence-electron chi connectivity index (χ1n) is 5.71. The lowest BCUT2D eigenvalue weighted by Gasteiger charge is -2.32. The number of benzene rings is 1. The first-order valence-corrected chi connectivity index (χ1v) is 7.19. The number of hydrogen-bond donors (Lipinski definition) is 2. The summed E-state index contributed by atoms with van der Waals surface area (Å²) in [5.41, 5.74) is 6.65. The van der Waals surface area contributed by atoms with Gasteiger partial charge in [-0.2, -0.15) is 5.26 Å². The summed E-state index contributed by atoms with van der Waals surface area (Å²) >= 11 is 0. The minimum atomic E-state index is -3.51. The van der Waals surface area contributed by atoms with Crippen molar-refractivity contribution in [2.24, 2.45) is 5.73 Å². The minimum absolute atomic E-state index is 0.0694. The monoisotopic (exact) mass is 265 g/mol. The van der Waals surface area contributed by atoms with Gasteiger partial charge in [0.2, 0.25) is 10.0 Å². The Hall–Kier alpha value is -1.42. The topological polar surface area (TPSA) is 96.0 Å². The van der Waals surface area contributed by atoms with Gasteiger partial charge in [-0.3, -0.25) is 0 Å². The van der Waals surface area contributed by atoms with E-state index in [4.69, 9.17) is 11.0 Å².